The number of benzene rings is 1. The van der Waals surface area contributed by atoms with Gasteiger partial charge in [-0.15, -0.1) is 0 Å². The lowest BCUT2D eigenvalue weighted by Gasteiger charge is -2.09. The lowest BCUT2D eigenvalue weighted by atomic mass is 10.1. The van der Waals surface area contributed by atoms with E-state index >= 15 is 0 Å². The van der Waals surface area contributed by atoms with Crippen LogP contribution in [0.2, 0.25) is 0 Å². The summed E-state index contributed by atoms with van der Waals surface area (Å²) >= 11 is 0. The first-order chi connectivity index (χ1) is 8.89. The molecule has 0 aliphatic rings. The van der Waals surface area contributed by atoms with Gasteiger partial charge in [-0.1, -0.05) is 26.0 Å². The topological polar surface area (TPSA) is 78.4 Å². The Hall–Kier alpha value is -1.11. The summed E-state index contributed by atoms with van der Waals surface area (Å²) in [4.78, 5) is 0. The first kappa shape index (κ1) is 15.9. The van der Waals surface area contributed by atoms with E-state index < -0.39 is 10.0 Å². The highest BCUT2D eigenvalue weighted by Crippen LogP contribution is 2.09. The van der Waals surface area contributed by atoms with Gasteiger partial charge in [0.1, 0.15) is 5.75 Å². The molecule has 0 fully saturated rings. The zero-order chi connectivity index (χ0) is 14.3. The van der Waals surface area contributed by atoms with Crippen molar-refractivity contribution in [3.05, 3.63) is 29.8 Å². The molecule has 1 aromatic rings. The first-order valence-corrected chi connectivity index (χ1v) is 8.03. The molecule has 108 valence electrons. The van der Waals surface area contributed by atoms with E-state index in [1.165, 1.54) is 0 Å². The summed E-state index contributed by atoms with van der Waals surface area (Å²) in [5.74, 6) is 0.296. The summed E-state index contributed by atoms with van der Waals surface area (Å²) in [6.45, 7) is 4.77. The van der Waals surface area contributed by atoms with Gasteiger partial charge in [0.05, 0.1) is 5.75 Å². The monoisotopic (exact) mass is 286 g/mol. The van der Waals surface area contributed by atoms with Crippen molar-refractivity contribution >= 4 is 10.0 Å². The van der Waals surface area contributed by atoms with Crippen molar-refractivity contribution in [2.75, 3.05) is 18.8 Å². The van der Waals surface area contributed by atoms with Gasteiger partial charge in [-0.3, -0.25) is 0 Å². The van der Waals surface area contributed by atoms with Crippen molar-refractivity contribution in [3.63, 3.8) is 0 Å². The summed E-state index contributed by atoms with van der Waals surface area (Å²) in [5, 5.41) is 12.2. The predicted molar refractivity (Wildman–Crippen MR) is 76.7 cm³/mol. The lowest BCUT2D eigenvalue weighted by Crippen LogP contribution is -2.35. The van der Waals surface area contributed by atoms with Gasteiger partial charge in [-0.2, -0.15) is 0 Å². The smallest absolute Gasteiger partial charge is 0.212 e. The van der Waals surface area contributed by atoms with E-state index in [0.29, 0.717) is 19.5 Å². The Kier molecular flexibility index (Phi) is 6.27. The number of rotatable bonds is 8. The zero-order valence-electron chi connectivity index (χ0n) is 11.4. The van der Waals surface area contributed by atoms with E-state index in [1.54, 1.807) is 24.3 Å². The Morgan fingerprint density at radius 2 is 1.79 bits per heavy atom. The maximum atomic E-state index is 11.7. The predicted octanol–water partition coefficient (Wildman–Crippen LogP) is 0.852. The van der Waals surface area contributed by atoms with Crippen LogP contribution in [0.3, 0.4) is 0 Å². The van der Waals surface area contributed by atoms with Crippen molar-refractivity contribution in [2.24, 2.45) is 0 Å². The van der Waals surface area contributed by atoms with Crippen LogP contribution >= 0.6 is 0 Å². The Morgan fingerprint density at radius 1 is 1.16 bits per heavy atom. The lowest BCUT2D eigenvalue weighted by molar-refractivity contribution is 0.475. The van der Waals surface area contributed by atoms with Crippen LogP contribution in [0.1, 0.15) is 19.4 Å². The molecule has 6 heteroatoms. The molecule has 0 saturated heterocycles. The van der Waals surface area contributed by atoms with Gasteiger partial charge >= 0.3 is 0 Å². The highest BCUT2D eigenvalue weighted by Gasteiger charge is 2.09. The van der Waals surface area contributed by atoms with Crippen LogP contribution in [0.15, 0.2) is 24.3 Å². The number of aromatic hydroxyl groups is 1. The second-order valence-corrected chi connectivity index (χ2v) is 6.66. The second-order valence-electron chi connectivity index (χ2n) is 4.74. The van der Waals surface area contributed by atoms with Crippen LogP contribution in [-0.2, 0) is 16.4 Å². The van der Waals surface area contributed by atoms with Crippen LogP contribution in [0, 0.1) is 0 Å². The van der Waals surface area contributed by atoms with Gasteiger partial charge in [0.2, 0.25) is 10.0 Å². The van der Waals surface area contributed by atoms with Gasteiger partial charge in [0, 0.05) is 19.1 Å². The van der Waals surface area contributed by atoms with Gasteiger partial charge in [0.15, 0.2) is 0 Å². The summed E-state index contributed by atoms with van der Waals surface area (Å²) in [6.07, 6.45) is 0.608. The van der Waals surface area contributed by atoms with Crippen LogP contribution in [0.5, 0.6) is 5.75 Å². The maximum Gasteiger partial charge on any atom is 0.212 e. The molecule has 0 aliphatic heterocycles. The molecule has 0 aromatic heterocycles. The van der Waals surface area contributed by atoms with E-state index in [-0.39, 0.29) is 17.5 Å². The summed E-state index contributed by atoms with van der Waals surface area (Å²) in [5.41, 5.74) is 0.987. The van der Waals surface area contributed by atoms with E-state index in [1.807, 2.05) is 13.8 Å². The van der Waals surface area contributed by atoms with E-state index in [9.17, 15) is 8.42 Å². The van der Waals surface area contributed by atoms with E-state index in [2.05, 4.69) is 10.0 Å². The quantitative estimate of drug-likeness (QED) is 0.662. The Morgan fingerprint density at radius 3 is 2.37 bits per heavy atom. The number of hydrogen-bond acceptors (Lipinski definition) is 4. The molecule has 0 bridgehead atoms. The fourth-order valence-corrected chi connectivity index (χ4v) is 2.51. The maximum absolute atomic E-state index is 11.7. The fraction of sp³-hybridized carbons (Fsp3) is 0.538. The highest BCUT2D eigenvalue weighted by atomic mass is 32.2. The third-order valence-electron chi connectivity index (χ3n) is 2.60. The molecule has 0 aliphatic carbocycles. The molecule has 0 spiro atoms. The molecule has 19 heavy (non-hydrogen) atoms. The normalized spacial score (nSPS) is 11.9. The van der Waals surface area contributed by atoms with Crippen molar-refractivity contribution < 1.29 is 13.5 Å². The third kappa shape index (κ3) is 7.15. The first-order valence-electron chi connectivity index (χ1n) is 6.38. The van der Waals surface area contributed by atoms with Gasteiger partial charge < -0.3 is 10.4 Å². The minimum Gasteiger partial charge on any atom is -0.508 e. The minimum absolute atomic E-state index is 0.0841. The van der Waals surface area contributed by atoms with Gasteiger partial charge in [0.25, 0.3) is 0 Å². The average Bonchev–Trinajstić information content (AvgIpc) is 2.30. The number of phenolic OH excluding ortho intramolecular Hbond substituents is 1. The zero-order valence-corrected chi connectivity index (χ0v) is 12.2. The molecule has 0 amide bonds. The molecule has 1 rings (SSSR count). The van der Waals surface area contributed by atoms with Crippen LogP contribution in [0.4, 0.5) is 0 Å². The number of hydrogen-bond donors (Lipinski definition) is 3. The van der Waals surface area contributed by atoms with Gasteiger partial charge in [-0.25, -0.2) is 13.1 Å². The van der Waals surface area contributed by atoms with Gasteiger partial charge in [-0.05, 0) is 24.1 Å². The molecule has 3 N–H and O–H groups in total. The van der Waals surface area contributed by atoms with Crippen molar-refractivity contribution in [3.8, 4) is 5.75 Å². The molecule has 0 saturated carbocycles. The molecular formula is C13H22N2O3S. The molecule has 0 unspecified atom stereocenters. The molecule has 5 nitrogen and oxygen atoms in total. The summed E-state index contributed by atoms with van der Waals surface area (Å²) in [7, 11) is -3.22. The van der Waals surface area contributed by atoms with Crippen molar-refractivity contribution in [2.45, 2.75) is 26.3 Å². The molecular weight excluding hydrogens is 264 g/mol. The van der Waals surface area contributed by atoms with Crippen LogP contribution in [-0.4, -0.2) is 38.4 Å². The van der Waals surface area contributed by atoms with Crippen LogP contribution in [0.25, 0.3) is 0 Å². The number of nitrogens with one attached hydrogen (secondary N) is 2. The van der Waals surface area contributed by atoms with Crippen molar-refractivity contribution in [1.29, 1.82) is 0 Å². The van der Waals surface area contributed by atoms with Crippen molar-refractivity contribution in [1.82, 2.24) is 10.0 Å². The summed E-state index contributed by atoms with van der Waals surface area (Å²) in [6, 6.07) is 7.04. The molecule has 1 aromatic carbocycles. The largest absolute Gasteiger partial charge is 0.508 e. The standard InChI is InChI=1S/C13H22N2O3S/c1-11(2)14-9-10-19(17,18)15-8-7-12-3-5-13(16)6-4-12/h3-6,11,14-16H,7-10H2,1-2H3. The molecule has 0 heterocycles. The van der Waals surface area contributed by atoms with E-state index in [4.69, 9.17) is 5.11 Å². The minimum atomic E-state index is -3.22. The summed E-state index contributed by atoms with van der Waals surface area (Å²) < 4.78 is 25.9. The Bertz CT molecular complexity index is 469. The molecule has 0 radical (unpaired) electrons. The second kappa shape index (κ2) is 7.47. The van der Waals surface area contributed by atoms with Crippen LogP contribution < -0.4 is 10.0 Å². The average molecular weight is 286 g/mol. The fourth-order valence-electron chi connectivity index (χ4n) is 1.57. The Balaban J connectivity index is 2.29. The highest BCUT2D eigenvalue weighted by molar-refractivity contribution is 7.89. The van der Waals surface area contributed by atoms with E-state index in [0.717, 1.165) is 5.56 Å². The Labute approximate surface area is 115 Å². The molecule has 0 atom stereocenters. The number of sulfonamides is 1. The third-order valence-corrected chi connectivity index (χ3v) is 3.98. The number of phenols is 1. The SMILES string of the molecule is CC(C)NCCS(=O)(=O)NCCc1ccc(O)cc1.